The third kappa shape index (κ3) is 5.14. The van der Waals surface area contributed by atoms with E-state index in [-0.39, 0.29) is 0 Å². The molecule has 0 aromatic heterocycles. The zero-order valence-electron chi connectivity index (χ0n) is 12.6. The van der Waals surface area contributed by atoms with Gasteiger partial charge in [-0.1, -0.05) is 50.3 Å². The monoisotopic (exact) mass is 273 g/mol. The number of allylic oxidation sites excluding steroid dienone is 5. The van der Waals surface area contributed by atoms with Gasteiger partial charge in [0.2, 0.25) is 0 Å². The number of aldehydes is 1. The molecule has 3 heteroatoms. The molecule has 0 radical (unpaired) electrons. The first-order valence-electron chi connectivity index (χ1n) is 6.59. The molecule has 0 fully saturated rings. The minimum atomic E-state index is 0.567. The normalized spacial score (nSPS) is 11.3. The number of ether oxygens (including phenoxy) is 1. The van der Waals surface area contributed by atoms with Crippen molar-refractivity contribution in [2.24, 2.45) is 5.73 Å². The van der Waals surface area contributed by atoms with Crippen LogP contribution < -0.4 is 10.5 Å². The van der Waals surface area contributed by atoms with Crippen molar-refractivity contribution < 1.29 is 9.53 Å². The van der Waals surface area contributed by atoms with Crippen LogP contribution in [0.5, 0.6) is 5.75 Å². The zero-order valence-corrected chi connectivity index (χ0v) is 12.6. The molecular weight excluding hydrogens is 250 g/mol. The fourth-order valence-corrected chi connectivity index (χ4v) is 1.63. The molecule has 0 aliphatic heterocycles. The summed E-state index contributed by atoms with van der Waals surface area (Å²) in [5, 5.41) is 0. The van der Waals surface area contributed by atoms with Gasteiger partial charge in [0.1, 0.15) is 5.75 Å². The number of para-hydroxylation sites is 1. The molecule has 0 amide bonds. The molecule has 20 heavy (non-hydrogen) atoms. The molecule has 0 saturated heterocycles. The first-order chi connectivity index (χ1) is 9.74. The van der Waals surface area contributed by atoms with E-state index in [9.17, 15) is 4.79 Å². The minimum absolute atomic E-state index is 0.567. The van der Waals surface area contributed by atoms with Crippen LogP contribution in [0.2, 0.25) is 0 Å². The van der Waals surface area contributed by atoms with Crippen LogP contribution in [-0.4, -0.2) is 13.4 Å². The summed E-state index contributed by atoms with van der Waals surface area (Å²) < 4.78 is 5.33. The highest BCUT2D eigenvalue weighted by Crippen LogP contribution is 2.28. The van der Waals surface area contributed by atoms with E-state index in [1.54, 1.807) is 31.4 Å². The standard InChI is InChI=1S/C15H17NO2.C2H6/c1-12-7-6-9-14(15(12)18-2)13(11-17)8-4-3-5-10-16;1-2/h3-11H,16H2,1-2H3;1-2H3/b4-3-,10-5-,13-8+;. The summed E-state index contributed by atoms with van der Waals surface area (Å²) in [5.41, 5.74) is 7.56. The van der Waals surface area contributed by atoms with E-state index in [2.05, 4.69) is 0 Å². The predicted molar refractivity (Wildman–Crippen MR) is 85.6 cm³/mol. The number of rotatable bonds is 5. The Hall–Kier alpha value is -2.29. The lowest BCUT2D eigenvalue weighted by Crippen LogP contribution is -1.95. The third-order valence-electron chi connectivity index (χ3n) is 2.46. The average molecular weight is 273 g/mol. The van der Waals surface area contributed by atoms with E-state index in [1.807, 2.05) is 39.0 Å². The van der Waals surface area contributed by atoms with E-state index in [0.717, 1.165) is 23.2 Å². The van der Waals surface area contributed by atoms with Crippen LogP contribution in [0.15, 0.2) is 48.7 Å². The maximum Gasteiger partial charge on any atom is 0.150 e. The molecular formula is C17H23NO2. The number of benzene rings is 1. The fraction of sp³-hybridized carbons (Fsp3) is 0.235. The highest BCUT2D eigenvalue weighted by Gasteiger charge is 2.08. The molecule has 108 valence electrons. The van der Waals surface area contributed by atoms with Gasteiger partial charge >= 0.3 is 0 Å². The SMILES string of the molecule is CC.COc1c(C)cccc1/C(C=O)=C/C=C\C=C/N. The molecule has 1 rings (SSSR count). The van der Waals surface area contributed by atoms with E-state index in [1.165, 1.54) is 6.20 Å². The Morgan fingerprint density at radius 1 is 1.20 bits per heavy atom. The number of nitrogens with two attached hydrogens (primary N) is 1. The van der Waals surface area contributed by atoms with Gasteiger partial charge in [0.15, 0.2) is 6.29 Å². The Morgan fingerprint density at radius 2 is 1.90 bits per heavy atom. The van der Waals surface area contributed by atoms with Gasteiger partial charge in [0.25, 0.3) is 0 Å². The second-order valence-corrected chi connectivity index (χ2v) is 3.67. The highest BCUT2D eigenvalue weighted by molar-refractivity contribution is 6.08. The van der Waals surface area contributed by atoms with E-state index in [4.69, 9.17) is 10.5 Å². The van der Waals surface area contributed by atoms with Crippen LogP contribution in [0.3, 0.4) is 0 Å². The number of hydrogen-bond acceptors (Lipinski definition) is 3. The summed E-state index contributed by atoms with van der Waals surface area (Å²) in [7, 11) is 1.60. The Balaban J connectivity index is 0.00000172. The largest absolute Gasteiger partial charge is 0.496 e. The second kappa shape index (κ2) is 10.6. The lowest BCUT2D eigenvalue weighted by molar-refractivity contribution is -0.103. The number of carbonyl (C=O) groups is 1. The van der Waals surface area contributed by atoms with Crippen molar-refractivity contribution in [2.75, 3.05) is 7.11 Å². The molecule has 0 heterocycles. The molecule has 2 N–H and O–H groups in total. The highest BCUT2D eigenvalue weighted by atomic mass is 16.5. The van der Waals surface area contributed by atoms with E-state index < -0.39 is 0 Å². The molecule has 0 aliphatic carbocycles. The van der Waals surface area contributed by atoms with Crippen molar-refractivity contribution in [2.45, 2.75) is 20.8 Å². The topological polar surface area (TPSA) is 52.3 Å². The fourth-order valence-electron chi connectivity index (χ4n) is 1.63. The van der Waals surface area contributed by atoms with Crippen molar-refractivity contribution in [3.63, 3.8) is 0 Å². The summed E-state index contributed by atoms with van der Waals surface area (Å²) in [5.74, 6) is 0.721. The van der Waals surface area contributed by atoms with E-state index >= 15 is 0 Å². The van der Waals surface area contributed by atoms with Crippen LogP contribution in [0.25, 0.3) is 5.57 Å². The van der Waals surface area contributed by atoms with Gasteiger partial charge < -0.3 is 10.5 Å². The van der Waals surface area contributed by atoms with Crippen molar-refractivity contribution in [1.29, 1.82) is 0 Å². The first kappa shape index (κ1) is 17.7. The smallest absolute Gasteiger partial charge is 0.150 e. The van der Waals surface area contributed by atoms with Crippen molar-refractivity contribution in [1.82, 2.24) is 0 Å². The number of carbonyl (C=O) groups excluding carboxylic acids is 1. The van der Waals surface area contributed by atoms with E-state index in [0.29, 0.717) is 5.57 Å². The van der Waals surface area contributed by atoms with Crippen LogP contribution in [-0.2, 0) is 4.79 Å². The lowest BCUT2D eigenvalue weighted by Gasteiger charge is -2.10. The molecule has 0 aliphatic rings. The third-order valence-corrected chi connectivity index (χ3v) is 2.46. The Bertz CT molecular complexity index is 500. The maximum atomic E-state index is 11.1. The van der Waals surface area contributed by atoms with Crippen molar-refractivity contribution in [3.05, 3.63) is 59.8 Å². The summed E-state index contributed by atoms with van der Waals surface area (Å²) >= 11 is 0. The Labute approximate surface area is 121 Å². The van der Waals surface area contributed by atoms with Crippen LogP contribution in [0.1, 0.15) is 25.0 Å². The van der Waals surface area contributed by atoms with Crippen LogP contribution >= 0.6 is 0 Å². The summed E-state index contributed by atoms with van der Waals surface area (Å²) in [6.07, 6.45) is 9.17. The molecule has 0 atom stereocenters. The van der Waals surface area contributed by atoms with Gasteiger partial charge in [-0.15, -0.1) is 0 Å². The first-order valence-corrected chi connectivity index (χ1v) is 6.59. The summed E-state index contributed by atoms with van der Waals surface area (Å²) in [4.78, 5) is 11.1. The van der Waals surface area contributed by atoms with Gasteiger partial charge in [-0.05, 0) is 24.8 Å². The van der Waals surface area contributed by atoms with Crippen LogP contribution in [0.4, 0.5) is 0 Å². The van der Waals surface area contributed by atoms with Gasteiger partial charge in [0.05, 0.1) is 7.11 Å². The molecule has 0 bridgehead atoms. The lowest BCUT2D eigenvalue weighted by atomic mass is 10.0. The summed E-state index contributed by atoms with van der Waals surface area (Å²) in [6.45, 7) is 5.94. The predicted octanol–water partition coefficient (Wildman–Crippen LogP) is 3.64. The minimum Gasteiger partial charge on any atom is -0.496 e. The Morgan fingerprint density at radius 3 is 2.45 bits per heavy atom. The van der Waals surface area contributed by atoms with Gasteiger partial charge in [-0.3, -0.25) is 4.79 Å². The average Bonchev–Trinajstić information content (AvgIpc) is 2.49. The van der Waals surface area contributed by atoms with Crippen LogP contribution in [0, 0.1) is 6.92 Å². The molecule has 0 saturated carbocycles. The second-order valence-electron chi connectivity index (χ2n) is 3.67. The molecule has 1 aromatic carbocycles. The maximum absolute atomic E-state index is 11.1. The zero-order chi connectivity index (χ0) is 15.4. The molecule has 1 aromatic rings. The Kier molecular flexibility index (Phi) is 9.40. The quantitative estimate of drug-likeness (QED) is 0.506. The molecule has 3 nitrogen and oxygen atoms in total. The molecule has 0 unspecified atom stereocenters. The number of hydrogen-bond donors (Lipinski definition) is 1. The van der Waals surface area contributed by atoms with Crippen molar-refractivity contribution >= 4 is 11.9 Å². The number of methoxy groups -OCH3 is 1. The number of aryl methyl sites for hydroxylation is 1. The van der Waals surface area contributed by atoms with Crippen molar-refractivity contribution in [3.8, 4) is 5.75 Å². The van der Waals surface area contributed by atoms with Gasteiger partial charge in [-0.2, -0.15) is 0 Å². The van der Waals surface area contributed by atoms with Gasteiger partial charge in [-0.25, -0.2) is 0 Å². The summed E-state index contributed by atoms with van der Waals surface area (Å²) in [6, 6.07) is 5.70. The molecule has 0 spiro atoms. The van der Waals surface area contributed by atoms with Gasteiger partial charge in [0, 0.05) is 11.1 Å².